The van der Waals surface area contributed by atoms with Crippen molar-refractivity contribution in [1.29, 1.82) is 0 Å². The maximum Gasteiger partial charge on any atom is 0.255 e. The predicted molar refractivity (Wildman–Crippen MR) is 113 cm³/mol. The van der Waals surface area contributed by atoms with E-state index in [1.165, 1.54) is 12.1 Å². The van der Waals surface area contributed by atoms with Crippen molar-refractivity contribution in [1.82, 2.24) is 4.98 Å². The van der Waals surface area contributed by atoms with Crippen LogP contribution in [0, 0.1) is 0 Å². The molecule has 28 heavy (non-hydrogen) atoms. The zero-order chi connectivity index (χ0) is 20.3. The van der Waals surface area contributed by atoms with E-state index < -0.39 is 15.7 Å². The Kier molecular flexibility index (Phi) is 5.86. The molecule has 140 valence electrons. The smallest absolute Gasteiger partial charge is 0.255 e. The molecule has 3 rings (SSSR count). The Bertz CT molecular complexity index is 1140. The molecule has 1 aromatic heterocycles. The fraction of sp³-hybridized carbons (Fsp3) is 0.100. The maximum atomic E-state index is 12.6. The van der Waals surface area contributed by atoms with Crippen LogP contribution < -0.4 is 10.8 Å². The molecule has 0 aliphatic rings. The minimum atomic E-state index is -3.19. The molecule has 3 aromatic rings. The van der Waals surface area contributed by atoms with Crippen molar-refractivity contribution in [2.45, 2.75) is 5.75 Å². The standard InChI is InChI=1S/C20H16BClN2O3S/c1-28(26,27)12-13-5-7-15(17(21)10-13)20(25)24-14-6-8-18(22)16(11-14)19-4-2-3-9-23-19/h2-11H,12H2,1H3,(H,24,25). The summed E-state index contributed by atoms with van der Waals surface area (Å²) < 4.78 is 22.8. The van der Waals surface area contributed by atoms with Crippen LogP contribution in [0.1, 0.15) is 15.9 Å². The first-order chi connectivity index (χ1) is 13.2. The Morgan fingerprint density at radius 2 is 1.93 bits per heavy atom. The molecule has 0 atom stereocenters. The Hall–Kier alpha value is -2.64. The van der Waals surface area contributed by atoms with Gasteiger partial charge in [0.15, 0.2) is 9.84 Å². The topological polar surface area (TPSA) is 76.1 Å². The third-order valence-corrected chi connectivity index (χ3v) is 5.14. The summed E-state index contributed by atoms with van der Waals surface area (Å²) in [6.45, 7) is 0. The molecule has 0 bridgehead atoms. The molecule has 2 aromatic carbocycles. The van der Waals surface area contributed by atoms with Crippen LogP contribution in [0.3, 0.4) is 0 Å². The molecular formula is C20H16BClN2O3S. The summed E-state index contributed by atoms with van der Waals surface area (Å²) in [7, 11) is 2.77. The van der Waals surface area contributed by atoms with E-state index in [9.17, 15) is 13.2 Å². The largest absolute Gasteiger partial charge is 0.322 e. The summed E-state index contributed by atoms with van der Waals surface area (Å²) in [6, 6.07) is 15.2. The van der Waals surface area contributed by atoms with Crippen LogP contribution >= 0.6 is 11.6 Å². The second-order valence-corrected chi connectivity index (χ2v) is 8.90. The van der Waals surface area contributed by atoms with E-state index in [0.717, 1.165) is 6.26 Å². The average molecular weight is 411 g/mol. The van der Waals surface area contributed by atoms with Crippen molar-refractivity contribution in [3.05, 3.63) is 76.9 Å². The highest BCUT2D eigenvalue weighted by Gasteiger charge is 2.13. The van der Waals surface area contributed by atoms with Gasteiger partial charge in [0, 0.05) is 29.3 Å². The lowest BCUT2D eigenvalue weighted by molar-refractivity contribution is 0.102. The van der Waals surface area contributed by atoms with Gasteiger partial charge in [0.2, 0.25) is 0 Å². The molecule has 1 heterocycles. The second kappa shape index (κ2) is 8.16. The monoisotopic (exact) mass is 410 g/mol. The van der Waals surface area contributed by atoms with Gasteiger partial charge in [-0.1, -0.05) is 35.3 Å². The Balaban J connectivity index is 1.84. The van der Waals surface area contributed by atoms with Gasteiger partial charge in [0.1, 0.15) is 7.85 Å². The molecule has 0 aliphatic carbocycles. The van der Waals surface area contributed by atoms with Gasteiger partial charge in [-0.05, 0) is 42.0 Å². The Morgan fingerprint density at radius 3 is 2.57 bits per heavy atom. The van der Waals surface area contributed by atoms with E-state index >= 15 is 0 Å². The summed E-state index contributed by atoms with van der Waals surface area (Å²) in [5, 5.41) is 3.30. The number of hydrogen-bond donors (Lipinski definition) is 1. The lowest BCUT2D eigenvalue weighted by atomic mass is 9.88. The maximum absolute atomic E-state index is 12.6. The molecule has 0 saturated carbocycles. The summed E-state index contributed by atoms with van der Waals surface area (Å²) >= 11 is 6.26. The number of hydrogen-bond acceptors (Lipinski definition) is 4. The van der Waals surface area contributed by atoms with Crippen molar-refractivity contribution in [2.24, 2.45) is 0 Å². The van der Waals surface area contributed by atoms with Crippen LogP contribution in [0.4, 0.5) is 5.69 Å². The molecule has 0 spiro atoms. The van der Waals surface area contributed by atoms with Crippen LogP contribution in [0.25, 0.3) is 11.3 Å². The van der Waals surface area contributed by atoms with Crippen molar-refractivity contribution in [2.75, 3.05) is 11.6 Å². The van der Waals surface area contributed by atoms with Gasteiger partial charge in [-0.15, -0.1) is 0 Å². The van der Waals surface area contributed by atoms with Crippen LogP contribution in [0.5, 0.6) is 0 Å². The molecule has 1 N–H and O–H groups in total. The van der Waals surface area contributed by atoms with E-state index in [-0.39, 0.29) is 16.8 Å². The molecule has 2 radical (unpaired) electrons. The van der Waals surface area contributed by atoms with E-state index in [1.54, 1.807) is 36.5 Å². The van der Waals surface area contributed by atoms with Crippen LogP contribution in [-0.2, 0) is 15.6 Å². The SMILES string of the molecule is [B]c1cc(CS(C)(=O)=O)ccc1C(=O)Nc1ccc(Cl)c(-c2ccccn2)c1. The normalized spacial score (nSPS) is 11.2. The van der Waals surface area contributed by atoms with Gasteiger partial charge in [0.25, 0.3) is 5.91 Å². The van der Waals surface area contributed by atoms with Gasteiger partial charge in [-0.3, -0.25) is 9.78 Å². The molecule has 1 amide bonds. The zero-order valence-corrected chi connectivity index (χ0v) is 16.6. The predicted octanol–water partition coefficient (Wildman–Crippen LogP) is 2.99. The first-order valence-corrected chi connectivity index (χ1v) is 10.8. The second-order valence-electron chi connectivity index (χ2n) is 6.36. The summed E-state index contributed by atoms with van der Waals surface area (Å²) in [5.41, 5.74) is 2.91. The highest BCUT2D eigenvalue weighted by Crippen LogP contribution is 2.29. The minimum Gasteiger partial charge on any atom is -0.322 e. The first kappa shape index (κ1) is 20.1. The van der Waals surface area contributed by atoms with E-state index in [0.29, 0.717) is 27.5 Å². The quantitative estimate of drug-likeness (QED) is 0.656. The third kappa shape index (κ3) is 5.00. The van der Waals surface area contributed by atoms with E-state index in [4.69, 9.17) is 19.4 Å². The van der Waals surface area contributed by atoms with Gasteiger partial charge in [-0.2, -0.15) is 0 Å². The number of nitrogens with zero attached hydrogens (tertiary/aromatic N) is 1. The highest BCUT2D eigenvalue weighted by atomic mass is 35.5. The molecule has 8 heteroatoms. The van der Waals surface area contributed by atoms with Gasteiger partial charge < -0.3 is 5.32 Å². The zero-order valence-electron chi connectivity index (χ0n) is 15.0. The number of sulfone groups is 1. The van der Waals surface area contributed by atoms with Crippen LogP contribution in [0.2, 0.25) is 5.02 Å². The first-order valence-electron chi connectivity index (χ1n) is 8.31. The molecule has 0 fully saturated rings. The van der Waals surface area contributed by atoms with Crippen molar-refractivity contribution in [3.8, 4) is 11.3 Å². The number of aromatic nitrogens is 1. The molecule has 5 nitrogen and oxygen atoms in total. The van der Waals surface area contributed by atoms with E-state index in [2.05, 4.69) is 10.3 Å². The molecule has 0 aliphatic heterocycles. The number of nitrogens with one attached hydrogen (secondary N) is 1. The van der Waals surface area contributed by atoms with Crippen molar-refractivity contribution >= 4 is 46.3 Å². The summed E-state index contributed by atoms with van der Waals surface area (Å²) in [6.07, 6.45) is 2.80. The van der Waals surface area contributed by atoms with Gasteiger partial charge in [0.05, 0.1) is 16.5 Å². The molecule has 0 unspecified atom stereocenters. The van der Waals surface area contributed by atoms with Crippen molar-refractivity contribution < 1.29 is 13.2 Å². The number of pyridine rings is 1. The Labute approximate surface area is 170 Å². The van der Waals surface area contributed by atoms with Crippen LogP contribution in [-0.4, -0.2) is 33.4 Å². The minimum absolute atomic E-state index is 0.135. The highest BCUT2D eigenvalue weighted by molar-refractivity contribution is 7.89. The van der Waals surface area contributed by atoms with Crippen LogP contribution in [0.15, 0.2) is 60.8 Å². The van der Waals surface area contributed by atoms with Crippen molar-refractivity contribution in [3.63, 3.8) is 0 Å². The molecule has 0 saturated heterocycles. The number of carbonyl (C=O) groups is 1. The van der Waals surface area contributed by atoms with Gasteiger partial charge >= 0.3 is 0 Å². The Morgan fingerprint density at radius 1 is 1.14 bits per heavy atom. The number of anilines is 1. The third-order valence-electron chi connectivity index (χ3n) is 3.95. The fourth-order valence-corrected chi connectivity index (χ4v) is 3.73. The number of halogens is 1. The summed E-state index contributed by atoms with van der Waals surface area (Å²) in [4.78, 5) is 16.9. The average Bonchev–Trinajstić information content (AvgIpc) is 2.62. The number of amides is 1. The molecular weight excluding hydrogens is 395 g/mol. The fourth-order valence-electron chi connectivity index (χ4n) is 2.73. The van der Waals surface area contributed by atoms with E-state index in [1.807, 2.05) is 12.1 Å². The lowest BCUT2D eigenvalue weighted by Crippen LogP contribution is -2.22. The summed E-state index contributed by atoms with van der Waals surface area (Å²) in [5.74, 6) is -0.540. The lowest BCUT2D eigenvalue weighted by Gasteiger charge is -2.11. The number of carbonyl (C=O) groups excluding carboxylic acids is 1. The number of benzene rings is 2. The number of rotatable bonds is 5. The van der Waals surface area contributed by atoms with Gasteiger partial charge in [-0.25, -0.2) is 8.42 Å².